The van der Waals surface area contributed by atoms with Gasteiger partial charge in [-0.1, -0.05) is 49.6 Å². The first-order chi connectivity index (χ1) is 15.5. The van der Waals surface area contributed by atoms with Crippen LogP contribution in [0.3, 0.4) is 0 Å². The first-order valence-corrected chi connectivity index (χ1v) is 11.5. The van der Waals surface area contributed by atoms with Crippen molar-refractivity contribution in [3.05, 3.63) is 59.1 Å². The minimum absolute atomic E-state index is 0.113. The standard InChI is InChI=1S/C25H31ClN2O4/c1-3-23(25(30)27-20-10-4-5-11-20)28(16-18-8-6-12-21(14-18)31-2)24(29)17-32-22-13-7-9-19(26)15-22/h6-9,12-15,20,23H,3-5,10-11,16-17H2,1-2H3,(H,27,30)/t23-/m0/s1. The van der Waals surface area contributed by atoms with E-state index in [9.17, 15) is 9.59 Å². The predicted octanol–water partition coefficient (Wildman–Crippen LogP) is 4.59. The maximum atomic E-state index is 13.3. The molecule has 0 saturated heterocycles. The van der Waals surface area contributed by atoms with E-state index in [0.717, 1.165) is 31.2 Å². The number of hydrogen-bond donors (Lipinski definition) is 1. The molecule has 2 aromatic rings. The average molecular weight is 459 g/mol. The van der Waals surface area contributed by atoms with Crippen LogP contribution in [0.15, 0.2) is 48.5 Å². The van der Waals surface area contributed by atoms with E-state index in [0.29, 0.717) is 22.9 Å². The molecular weight excluding hydrogens is 428 g/mol. The van der Waals surface area contributed by atoms with Crippen LogP contribution in [0.4, 0.5) is 0 Å². The topological polar surface area (TPSA) is 67.9 Å². The summed E-state index contributed by atoms with van der Waals surface area (Å²) in [6.45, 7) is 2.02. The zero-order chi connectivity index (χ0) is 22.9. The Labute approximate surface area is 194 Å². The second kappa shape index (κ2) is 11.8. The molecule has 32 heavy (non-hydrogen) atoms. The molecule has 7 heteroatoms. The van der Waals surface area contributed by atoms with Crippen molar-refractivity contribution in [1.29, 1.82) is 0 Å². The van der Waals surface area contributed by atoms with Crippen molar-refractivity contribution in [2.24, 2.45) is 0 Å². The molecule has 2 aromatic carbocycles. The largest absolute Gasteiger partial charge is 0.497 e. The molecule has 1 N–H and O–H groups in total. The van der Waals surface area contributed by atoms with Crippen LogP contribution in [0.1, 0.15) is 44.6 Å². The summed E-state index contributed by atoms with van der Waals surface area (Å²) in [6.07, 6.45) is 4.74. The van der Waals surface area contributed by atoms with Crippen LogP contribution in [0.2, 0.25) is 5.02 Å². The number of carbonyl (C=O) groups excluding carboxylic acids is 2. The van der Waals surface area contributed by atoms with Gasteiger partial charge < -0.3 is 19.7 Å². The highest BCUT2D eigenvalue weighted by Crippen LogP contribution is 2.21. The number of ether oxygens (including phenoxy) is 2. The monoisotopic (exact) mass is 458 g/mol. The lowest BCUT2D eigenvalue weighted by Crippen LogP contribution is -2.52. The highest BCUT2D eigenvalue weighted by molar-refractivity contribution is 6.30. The number of hydrogen-bond acceptors (Lipinski definition) is 4. The van der Waals surface area contributed by atoms with Gasteiger partial charge in [-0.3, -0.25) is 9.59 Å². The number of halogens is 1. The fourth-order valence-corrected chi connectivity index (χ4v) is 4.22. The molecule has 1 atom stereocenters. The molecule has 1 aliphatic rings. The zero-order valence-corrected chi connectivity index (χ0v) is 19.4. The molecule has 0 heterocycles. The van der Waals surface area contributed by atoms with Crippen LogP contribution >= 0.6 is 11.6 Å². The first-order valence-electron chi connectivity index (χ1n) is 11.1. The number of rotatable bonds is 10. The third-order valence-corrected chi connectivity index (χ3v) is 5.97. The van der Waals surface area contributed by atoms with Gasteiger partial charge in [0.15, 0.2) is 6.61 Å². The lowest BCUT2D eigenvalue weighted by molar-refractivity contribution is -0.143. The van der Waals surface area contributed by atoms with Crippen LogP contribution in [0.25, 0.3) is 0 Å². The molecule has 0 aromatic heterocycles. The van der Waals surface area contributed by atoms with Gasteiger partial charge in [0.2, 0.25) is 5.91 Å². The van der Waals surface area contributed by atoms with Crippen molar-refractivity contribution < 1.29 is 19.1 Å². The second-order valence-electron chi connectivity index (χ2n) is 8.03. The van der Waals surface area contributed by atoms with Gasteiger partial charge in [0.1, 0.15) is 17.5 Å². The van der Waals surface area contributed by atoms with Crippen molar-refractivity contribution in [3.8, 4) is 11.5 Å². The highest BCUT2D eigenvalue weighted by Gasteiger charge is 2.31. The Balaban J connectivity index is 1.77. The summed E-state index contributed by atoms with van der Waals surface area (Å²) in [5, 5.41) is 3.67. The fourth-order valence-electron chi connectivity index (χ4n) is 4.04. The molecule has 0 aliphatic heterocycles. The van der Waals surface area contributed by atoms with Crippen LogP contribution in [-0.4, -0.2) is 42.5 Å². The van der Waals surface area contributed by atoms with E-state index >= 15 is 0 Å². The molecular formula is C25H31ClN2O4. The smallest absolute Gasteiger partial charge is 0.261 e. The molecule has 6 nitrogen and oxygen atoms in total. The summed E-state index contributed by atoms with van der Waals surface area (Å²) in [6, 6.07) is 14.0. The molecule has 172 valence electrons. The Morgan fingerprint density at radius 2 is 1.84 bits per heavy atom. The maximum absolute atomic E-state index is 13.3. The SMILES string of the molecule is CC[C@@H](C(=O)NC1CCCC1)N(Cc1cccc(OC)c1)C(=O)COc1cccc(Cl)c1. The Bertz CT molecular complexity index is 914. The molecule has 0 spiro atoms. The normalized spacial score (nSPS) is 14.6. The van der Waals surface area contributed by atoms with Crippen LogP contribution in [0, 0.1) is 0 Å². The van der Waals surface area contributed by atoms with Gasteiger partial charge in [0.25, 0.3) is 5.91 Å². The van der Waals surface area contributed by atoms with Crippen LogP contribution < -0.4 is 14.8 Å². The van der Waals surface area contributed by atoms with E-state index in [2.05, 4.69) is 5.32 Å². The predicted molar refractivity (Wildman–Crippen MR) is 125 cm³/mol. The van der Waals surface area contributed by atoms with E-state index in [-0.39, 0.29) is 31.0 Å². The van der Waals surface area contributed by atoms with Crippen molar-refractivity contribution >= 4 is 23.4 Å². The highest BCUT2D eigenvalue weighted by atomic mass is 35.5. The number of benzene rings is 2. The maximum Gasteiger partial charge on any atom is 0.261 e. The summed E-state index contributed by atoms with van der Waals surface area (Å²) in [4.78, 5) is 28.0. The average Bonchev–Trinajstić information content (AvgIpc) is 3.30. The third-order valence-electron chi connectivity index (χ3n) is 5.73. The molecule has 3 rings (SSSR count). The number of nitrogens with zero attached hydrogens (tertiary/aromatic N) is 1. The molecule has 2 amide bonds. The minimum atomic E-state index is -0.586. The fraction of sp³-hybridized carbons (Fsp3) is 0.440. The summed E-state index contributed by atoms with van der Waals surface area (Å²) in [5.41, 5.74) is 0.882. The van der Waals surface area contributed by atoms with Gasteiger partial charge in [-0.05, 0) is 55.2 Å². The number of carbonyl (C=O) groups is 2. The van der Waals surface area contributed by atoms with Gasteiger partial charge in [-0.25, -0.2) is 0 Å². The minimum Gasteiger partial charge on any atom is -0.497 e. The number of methoxy groups -OCH3 is 1. The van der Waals surface area contributed by atoms with E-state index in [4.69, 9.17) is 21.1 Å². The van der Waals surface area contributed by atoms with E-state index in [1.807, 2.05) is 31.2 Å². The molecule has 1 saturated carbocycles. The Morgan fingerprint density at radius 1 is 1.12 bits per heavy atom. The number of amides is 2. The molecule has 0 unspecified atom stereocenters. The van der Waals surface area contributed by atoms with E-state index in [1.165, 1.54) is 0 Å². The van der Waals surface area contributed by atoms with Crippen LogP contribution in [0.5, 0.6) is 11.5 Å². The van der Waals surface area contributed by atoms with Gasteiger partial charge in [0.05, 0.1) is 7.11 Å². The quantitative estimate of drug-likeness (QED) is 0.565. The summed E-state index contributed by atoms with van der Waals surface area (Å²) >= 11 is 6.01. The summed E-state index contributed by atoms with van der Waals surface area (Å²) in [5.74, 6) is 0.837. The number of nitrogens with one attached hydrogen (secondary N) is 1. The van der Waals surface area contributed by atoms with Gasteiger partial charge in [0, 0.05) is 17.6 Å². The summed E-state index contributed by atoms with van der Waals surface area (Å²) in [7, 11) is 1.60. The van der Waals surface area contributed by atoms with Crippen molar-refractivity contribution in [1.82, 2.24) is 10.2 Å². The van der Waals surface area contributed by atoms with E-state index in [1.54, 1.807) is 36.3 Å². The van der Waals surface area contributed by atoms with Crippen LogP contribution in [-0.2, 0) is 16.1 Å². The van der Waals surface area contributed by atoms with Gasteiger partial charge >= 0.3 is 0 Å². The van der Waals surface area contributed by atoms with E-state index < -0.39 is 6.04 Å². The molecule has 1 aliphatic carbocycles. The van der Waals surface area contributed by atoms with Gasteiger partial charge in [-0.2, -0.15) is 0 Å². The van der Waals surface area contributed by atoms with Crippen molar-refractivity contribution in [2.45, 2.75) is 57.7 Å². The van der Waals surface area contributed by atoms with Crippen molar-refractivity contribution in [3.63, 3.8) is 0 Å². The van der Waals surface area contributed by atoms with Crippen molar-refractivity contribution in [2.75, 3.05) is 13.7 Å². The summed E-state index contributed by atoms with van der Waals surface area (Å²) < 4.78 is 11.0. The lowest BCUT2D eigenvalue weighted by atomic mass is 10.1. The zero-order valence-electron chi connectivity index (χ0n) is 18.7. The third kappa shape index (κ3) is 6.63. The molecule has 0 radical (unpaired) electrons. The lowest BCUT2D eigenvalue weighted by Gasteiger charge is -2.31. The van der Waals surface area contributed by atoms with Gasteiger partial charge in [-0.15, -0.1) is 0 Å². The Morgan fingerprint density at radius 3 is 2.53 bits per heavy atom. The first kappa shape index (κ1) is 23.9. The second-order valence-corrected chi connectivity index (χ2v) is 8.47. The Hall–Kier alpha value is -2.73. The Kier molecular flexibility index (Phi) is 8.80. The molecule has 0 bridgehead atoms. The molecule has 1 fully saturated rings.